The molecule has 2 aromatic carbocycles. The summed E-state index contributed by atoms with van der Waals surface area (Å²) in [5.74, 6) is -1.66. The molecule has 0 saturated heterocycles. The van der Waals surface area contributed by atoms with Gasteiger partial charge in [0.15, 0.2) is 0 Å². The zero-order valence-corrected chi connectivity index (χ0v) is 17.2. The minimum atomic E-state index is -0.648. The standard InChI is InChI=1S/C23H22ClNO4/c1-14-19(22(26)28-3)21(17-10-7-11-18(24)12-17)20(15(2)25-14)23(27)29-13-16-8-5-4-6-9-16/h4-12,21,25H,13H2,1-3H3/t21-/m1/s1. The van der Waals surface area contributed by atoms with Crippen LogP contribution in [0.1, 0.15) is 30.9 Å². The maximum absolute atomic E-state index is 13.1. The van der Waals surface area contributed by atoms with E-state index in [9.17, 15) is 9.59 Å². The lowest BCUT2D eigenvalue weighted by atomic mass is 9.80. The van der Waals surface area contributed by atoms with Gasteiger partial charge in [0, 0.05) is 16.4 Å². The molecule has 0 unspecified atom stereocenters. The normalized spacial score (nSPS) is 16.3. The summed E-state index contributed by atoms with van der Waals surface area (Å²) in [7, 11) is 1.32. The molecule has 0 aliphatic carbocycles. The van der Waals surface area contributed by atoms with Crippen LogP contribution in [-0.4, -0.2) is 19.0 Å². The molecule has 1 atom stereocenters. The third-order valence-electron chi connectivity index (χ3n) is 4.78. The Labute approximate surface area is 175 Å². The van der Waals surface area contributed by atoms with E-state index in [4.69, 9.17) is 21.1 Å². The Morgan fingerprint density at radius 1 is 0.966 bits per heavy atom. The van der Waals surface area contributed by atoms with Crippen molar-refractivity contribution in [3.63, 3.8) is 0 Å². The lowest BCUT2D eigenvalue weighted by Crippen LogP contribution is -2.32. The summed E-state index contributed by atoms with van der Waals surface area (Å²) in [6.45, 7) is 3.70. The molecule has 0 aromatic heterocycles. The maximum Gasteiger partial charge on any atom is 0.337 e. The van der Waals surface area contributed by atoms with Crippen LogP contribution in [0.5, 0.6) is 0 Å². The molecule has 5 nitrogen and oxygen atoms in total. The van der Waals surface area contributed by atoms with Crippen LogP contribution >= 0.6 is 11.6 Å². The number of halogens is 1. The van der Waals surface area contributed by atoms with Crippen LogP contribution in [0.2, 0.25) is 5.02 Å². The number of carbonyl (C=O) groups excluding carboxylic acids is 2. The van der Waals surface area contributed by atoms with Crippen LogP contribution < -0.4 is 5.32 Å². The average molecular weight is 412 g/mol. The summed E-state index contributed by atoms with van der Waals surface area (Å²) >= 11 is 6.19. The second-order valence-electron chi connectivity index (χ2n) is 6.74. The molecule has 2 aromatic rings. The molecule has 0 spiro atoms. The van der Waals surface area contributed by atoms with Gasteiger partial charge in [0.1, 0.15) is 6.61 Å². The molecule has 0 amide bonds. The molecular formula is C23H22ClNO4. The summed E-state index contributed by atoms with van der Waals surface area (Å²) < 4.78 is 10.6. The fourth-order valence-electron chi connectivity index (χ4n) is 3.47. The van der Waals surface area contributed by atoms with Gasteiger partial charge in [0.05, 0.1) is 24.2 Å². The summed E-state index contributed by atoms with van der Waals surface area (Å²) in [5, 5.41) is 3.62. The van der Waals surface area contributed by atoms with Crippen molar-refractivity contribution in [2.75, 3.05) is 7.11 Å². The number of ether oxygens (including phenoxy) is 2. The Bertz CT molecular complexity index is 995. The van der Waals surface area contributed by atoms with Crippen molar-refractivity contribution in [2.24, 2.45) is 0 Å². The number of dihydropyridines is 1. The summed E-state index contributed by atoms with van der Waals surface area (Å²) in [4.78, 5) is 25.7. The van der Waals surface area contributed by atoms with E-state index in [1.54, 1.807) is 32.0 Å². The van der Waals surface area contributed by atoms with Crippen LogP contribution in [-0.2, 0) is 25.7 Å². The molecule has 1 aliphatic heterocycles. The number of esters is 2. The van der Waals surface area contributed by atoms with Crippen LogP contribution in [0.15, 0.2) is 77.1 Å². The fourth-order valence-corrected chi connectivity index (χ4v) is 3.66. The van der Waals surface area contributed by atoms with Gasteiger partial charge in [-0.1, -0.05) is 54.1 Å². The predicted molar refractivity (Wildman–Crippen MR) is 111 cm³/mol. The molecule has 29 heavy (non-hydrogen) atoms. The van der Waals surface area contributed by atoms with Gasteiger partial charge < -0.3 is 14.8 Å². The van der Waals surface area contributed by atoms with Crippen molar-refractivity contribution in [1.29, 1.82) is 0 Å². The first-order valence-electron chi connectivity index (χ1n) is 9.15. The van der Waals surface area contributed by atoms with Crippen molar-refractivity contribution < 1.29 is 19.1 Å². The number of hydrogen-bond donors (Lipinski definition) is 1. The van der Waals surface area contributed by atoms with E-state index in [0.717, 1.165) is 5.56 Å². The zero-order valence-electron chi connectivity index (χ0n) is 16.5. The number of methoxy groups -OCH3 is 1. The Morgan fingerprint density at radius 2 is 1.62 bits per heavy atom. The lowest BCUT2D eigenvalue weighted by molar-refractivity contribution is -0.140. The van der Waals surface area contributed by atoms with E-state index in [0.29, 0.717) is 33.1 Å². The predicted octanol–water partition coefficient (Wildman–Crippen LogP) is 4.49. The second-order valence-corrected chi connectivity index (χ2v) is 7.18. The number of nitrogens with one attached hydrogen (secondary N) is 1. The number of benzene rings is 2. The molecule has 0 radical (unpaired) electrons. The van der Waals surface area contributed by atoms with Crippen LogP contribution in [0.25, 0.3) is 0 Å². The largest absolute Gasteiger partial charge is 0.466 e. The molecule has 150 valence electrons. The minimum Gasteiger partial charge on any atom is -0.466 e. The van der Waals surface area contributed by atoms with Gasteiger partial charge in [-0.3, -0.25) is 0 Å². The van der Waals surface area contributed by atoms with E-state index in [1.165, 1.54) is 7.11 Å². The van der Waals surface area contributed by atoms with Crippen LogP contribution in [0, 0.1) is 0 Å². The molecule has 1 heterocycles. The highest BCUT2D eigenvalue weighted by atomic mass is 35.5. The van der Waals surface area contributed by atoms with E-state index < -0.39 is 17.9 Å². The SMILES string of the molecule is COC(=O)C1=C(C)NC(C)=C(C(=O)OCc2ccccc2)[C@@H]1c1cccc(Cl)c1. The fraction of sp³-hybridized carbons (Fsp3) is 0.217. The van der Waals surface area contributed by atoms with Gasteiger partial charge in [-0.25, -0.2) is 9.59 Å². The van der Waals surface area contributed by atoms with E-state index >= 15 is 0 Å². The van der Waals surface area contributed by atoms with Crippen LogP contribution in [0.3, 0.4) is 0 Å². The van der Waals surface area contributed by atoms with E-state index in [-0.39, 0.29) is 6.61 Å². The van der Waals surface area contributed by atoms with Gasteiger partial charge in [-0.2, -0.15) is 0 Å². The van der Waals surface area contributed by atoms with Gasteiger partial charge in [-0.15, -0.1) is 0 Å². The molecule has 1 N–H and O–H groups in total. The summed E-state index contributed by atoms with van der Waals surface area (Å²) in [6, 6.07) is 16.5. The van der Waals surface area contributed by atoms with E-state index in [1.807, 2.05) is 36.4 Å². The first kappa shape index (κ1) is 20.7. The Hall–Kier alpha value is -3.05. The minimum absolute atomic E-state index is 0.134. The Kier molecular flexibility index (Phi) is 6.39. The van der Waals surface area contributed by atoms with Crippen molar-refractivity contribution >= 4 is 23.5 Å². The first-order valence-corrected chi connectivity index (χ1v) is 9.53. The number of allylic oxidation sites excluding steroid dienone is 2. The molecule has 1 aliphatic rings. The van der Waals surface area contributed by atoms with Crippen molar-refractivity contribution in [3.05, 3.63) is 93.3 Å². The highest BCUT2D eigenvalue weighted by Crippen LogP contribution is 2.39. The van der Waals surface area contributed by atoms with Gasteiger partial charge in [-0.05, 0) is 37.1 Å². The third-order valence-corrected chi connectivity index (χ3v) is 5.02. The van der Waals surface area contributed by atoms with Gasteiger partial charge in [0.2, 0.25) is 0 Å². The number of hydrogen-bond acceptors (Lipinski definition) is 5. The van der Waals surface area contributed by atoms with Gasteiger partial charge >= 0.3 is 11.9 Å². The molecule has 0 bridgehead atoms. The molecular weight excluding hydrogens is 390 g/mol. The smallest absolute Gasteiger partial charge is 0.337 e. The monoisotopic (exact) mass is 411 g/mol. The Morgan fingerprint density at radius 3 is 2.24 bits per heavy atom. The maximum atomic E-state index is 13.1. The molecule has 3 rings (SSSR count). The van der Waals surface area contributed by atoms with Crippen molar-refractivity contribution in [2.45, 2.75) is 26.4 Å². The van der Waals surface area contributed by atoms with Crippen molar-refractivity contribution in [3.8, 4) is 0 Å². The van der Waals surface area contributed by atoms with Crippen molar-refractivity contribution in [1.82, 2.24) is 5.32 Å². The summed E-state index contributed by atoms with van der Waals surface area (Å²) in [5.41, 5.74) is 3.55. The third kappa shape index (κ3) is 4.51. The van der Waals surface area contributed by atoms with E-state index in [2.05, 4.69) is 5.32 Å². The quantitative estimate of drug-likeness (QED) is 0.734. The highest BCUT2D eigenvalue weighted by molar-refractivity contribution is 6.30. The second kappa shape index (κ2) is 8.97. The van der Waals surface area contributed by atoms with Gasteiger partial charge in [0.25, 0.3) is 0 Å². The number of rotatable bonds is 5. The zero-order chi connectivity index (χ0) is 21.0. The molecule has 0 fully saturated rings. The van der Waals surface area contributed by atoms with Crippen LogP contribution in [0.4, 0.5) is 0 Å². The lowest BCUT2D eigenvalue weighted by Gasteiger charge is -2.30. The molecule has 0 saturated carbocycles. The summed E-state index contributed by atoms with van der Waals surface area (Å²) in [6.07, 6.45) is 0. The average Bonchev–Trinajstić information content (AvgIpc) is 2.71. The topological polar surface area (TPSA) is 64.6 Å². The highest BCUT2D eigenvalue weighted by Gasteiger charge is 2.37. The number of carbonyl (C=O) groups is 2. The first-order chi connectivity index (χ1) is 13.9. The Balaban J connectivity index is 2.01. The molecule has 6 heteroatoms.